The highest BCUT2D eigenvalue weighted by Crippen LogP contribution is 2.24. The molecule has 0 aromatic heterocycles. The molecule has 0 radical (unpaired) electrons. The Kier molecular flexibility index (Phi) is 3.65. The molecule has 2 aromatic rings. The maximum absolute atomic E-state index is 5.95. The van der Waals surface area contributed by atoms with Crippen molar-refractivity contribution in [2.45, 2.75) is 13.8 Å². The molecule has 2 aromatic carbocycles. The van der Waals surface area contributed by atoms with E-state index in [-0.39, 0.29) is 0 Å². The molecule has 0 atom stereocenters. The van der Waals surface area contributed by atoms with Gasteiger partial charge in [-0.2, -0.15) is 0 Å². The number of hydrogen-bond acceptors (Lipinski definition) is 0. The van der Waals surface area contributed by atoms with Gasteiger partial charge in [-0.1, -0.05) is 71.3 Å². The van der Waals surface area contributed by atoms with Crippen LogP contribution in [0.4, 0.5) is 0 Å². The van der Waals surface area contributed by atoms with Gasteiger partial charge in [0.05, 0.1) is 0 Å². The fraction of sp³-hybridized carbons (Fsp3) is 0.125. The Hall–Kier alpha value is -1.53. The molecule has 0 spiro atoms. The molecule has 0 amide bonds. The Morgan fingerprint density at radius 2 is 1.12 bits per heavy atom. The Balaban J connectivity index is 2.41. The largest absolute Gasteiger partial charge is 0.0923 e. The van der Waals surface area contributed by atoms with Gasteiger partial charge >= 0.3 is 0 Å². The van der Waals surface area contributed by atoms with Crippen LogP contribution in [0.15, 0.2) is 54.1 Å². The lowest BCUT2D eigenvalue weighted by atomic mass is 9.98. The Labute approximate surface area is 108 Å². The van der Waals surface area contributed by atoms with Gasteiger partial charge in [0.15, 0.2) is 0 Å². The number of halogens is 1. The van der Waals surface area contributed by atoms with E-state index in [1.807, 2.05) is 0 Å². The van der Waals surface area contributed by atoms with Crippen LogP contribution in [0.1, 0.15) is 22.3 Å². The van der Waals surface area contributed by atoms with E-state index in [4.69, 9.17) is 11.6 Å². The van der Waals surface area contributed by atoms with Crippen molar-refractivity contribution in [1.82, 2.24) is 0 Å². The highest BCUT2D eigenvalue weighted by Gasteiger charge is 2.03. The SMILES string of the molecule is Cc1ccc(C(=CCl)c2ccc(C)cc2)cc1. The first kappa shape index (κ1) is 11.9. The lowest BCUT2D eigenvalue weighted by Crippen LogP contribution is -1.87. The lowest BCUT2D eigenvalue weighted by molar-refractivity contribution is 1.43. The van der Waals surface area contributed by atoms with Crippen molar-refractivity contribution in [1.29, 1.82) is 0 Å². The predicted octanol–water partition coefficient (Wildman–Crippen LogP) is 4.93. The van der Waals surface area contributed by atoms with Crippen LogP contribution in [0.25, 0.3) is 5.57 Å². The van der Waals surface area contributed by atoms with Crippen molar-refractivity contribution in [2.24, 2.45) is 0 Å². The molecular weight excluding hydrogens is 228 g/mol. The standard InChI is InChI=1S/C16H15Cl/c1-12-3-7-14(8-4-12)16(11-17)15-9-5-13(2)6-10-15/h3-11H,1-2H3. The summed E-state index contributed by atoms with van der Waals surface area (Å²) in [5, 5.41) is 0. The molecule has 0 nitrogen and oxygen atoms in total. The molecule has 0 heterocycles. The second-order valence-electron chi connectivity index (χ2n) is 4.25. The third-order valence-electron chi connectivity index (χ3n) is 2.83. The summed E-state index contributed by atoms with van der Waals surface area (Å²) in [5.41, 5.74) is 7.52. The second kappa shape index (κ2) is 5.20. The molecular formula is C16H15Cl. The quantitative estimate of drug-likeness (QED) is 0.700. The van der Waals surface area contributed by atoms with E-state index in [0.717, 1.165) is 16.7 Å². The van der Waals surface area contributed by atoms with Crippen LogP contribution in [0.2, 0.25) is 0 Å². The number of hydrogen-bond donors (Lipinski definition) is 0. The van der Waals surface area contributed by atoms with Gasteiger partial charge in [0.1, 0.15) is 0 Å². The Morgan fingerprint density at radius 1 is 0.765 bits per heavy atom. The molecule has 86 valence electrons. The van der Waals surface area contributed by atoms with E-state index in [1.54, 1.807) is 5.54 Å². The Morgan fingerprint density at radius 3 is 1.41 bits per heavy atom. The molecule has 0 N–H and O–H groups in total. The van der Waals surface area contributed by atoms with Gasteiger partial charge in [0.2, 0.25) is 0 Å². The van der Waals surface area contributed by atoms with E-state index in [2.05, 4.69) is 62.4 Å². The molecule has 1 heteroatoms. The fourth-order valence-corrected chi connectivity index (χ4v) is 2.01. The molecule has 2 rings (SSSR count). The highest BCUT2D eigenvalue weighted by atomic mass is 35.5. The molecule has 17 heavy (non-hydrogen) atoms. The van der Waals surface area contributed by atoms with Crippen LogP contribution in [0, 0.1) is 13.8 Å². The van der Waals surface area contributed by atoms with E-state index < -0.39 is 0 Å². The lowest BCUT2D eigenvalue weighted by Gasteiger charge is -2.08. The van der Waals surface area contributed by atoms with Gasteiger partial charge in [-0.15, -0.1) is 0 Å². The molecule has 0 aliphatic heterocycles. The molecule has 0 aliphatic carbocycles. The summed E-state index contributed by atoms with van der Waals surface area (Å²) >= 11 is 5.95. The van der Waals surface area contributed by atoms with Gasteiger partial charge in [-0.3, -0.25) is 0 Å². The van der Waals surface area contributed by atoms with Crippen LogP contribution in [0.5, 0.6) is 0 Å². The monoisotopic (exact) mass is 242 g/mol. The minimum Gasteiger partial charge on any atom is -0.0923 e. The summed E-state index contributed by atoms with van der Waals surface area (Å²) in [7, 11) is 0. The molecule has 0 saturated carbocycles. The molecule has 0 aliphatic rings. The van der Waals surface area contributed by atoms with Crippen LogP contribution in [-0.4, -0.2) is 0 Å². The zero-order chi connectivity index (χ0) is 12.3. The smallest absolute Gasteiger partial charge is 0.0127 e. The zero-order valence-electron chi connectivity index (χ0n) is 10.1. The first-order valence-electron chi connectivity index (χ1n) is 5.65. The van der Waals surface area contributed by atoms with Gasteiger partial charge in [0, 0.05) is 11.1 Å². The zero-order valence-corrected chi connectivity index (χ0v) is 10.8. The van der Waals surface area contributed by atoms with Gasteiger partial charge in [-0.25, -0.2) is 0 Å². The van der Waals surface area contributed by atoms with Crippen molar-refractivity contribution in [3.05, 3.63) is 76.3 Å². The van der Waals surface area contributed by atoms with Crippen LogP contribution < -0.4 is 0 Å². The summed E-state index contributed by atoms with van der Waals surface area (Å²) in [6.07, 6.45) is 0. The van der Waals surface area contributed by atoms with E-state index in [9.17, 15) is 0 Å². The van der Waals surface area contributed by atoms with Crippen LogP contribution in [0.3, 0.4) is 0 Å². The van der Waals surface area contributed by atoms with Gasteiger partial charge in [-0.05, 0) is 25.0 Å². The van der Waals surface area contributed by atoms with Crippen LogP contribution in [-0.2, 0) is 0 Å². The van der Waals surface area contributed by atoms with E-state index >= 15 is 0 Å². The Bertz CT molecular complexity index is 471. The van der Waals surface area contributed by atoms with Crippen molar-refractivity contribution >= 4 is 17.2 Å². The summed E-state index contributed by atoms with van der Waals surface area (Å²) in [6.45, 7) is 4.17. The maximum atomic E-state index is 5.95. The molecule has 0 unspecified atom stereocenters. The number of aryl methyl sites for hydroxylation is 2. The fourth-order valence-electron chi connectivity index (χ4n) is 1.76. The first-order valence-corrected chi connectivity index (χ1v) is 6.09. The van der Waals surface area contributed by atoms with Crippen LogP contribution >= 0.6 is 11.6 Å². The average molecular weight is 243 g/mol. The maximum Gasteiger partial charge on any atom is 0.0127 e. The minimum atomic E-state index is 1.06. The molecule has 0 bridgehead atoms. The van der Waals surface area contributed by atoms with Crippen molar-refractivity contribution in [2.75, 3.05) is 0 Å². The summed E-state index contributed by atoms with van der Waals surface area (Å²) in [4.78, 5) is 0. The molecule has 0 fully saturated rings. The van der Waals surface area contributed by atoms with Gasteiger partial charge in [0.25, 0.3) is 0 Å². The van der Waals surface area contributed by atoms with Crippen molar-refractivity contribution < 1.29 is 0 Å². The predicted molar refractivity (Wildman–Crippen MR) is 75.3 cm³/mol. The van der Waals surface area contributed by atoms with E-state index in [1.165, 1.54) is 11.1 Å². The third kappa shape index (κ3) is 2.78. The first-order chi connectivity index (χ1) is 8.20. The van der Waals surface area contributed by atoms with E-state index in [0.29, 0.717) is 0 Å². The minimum absolute atomic E-state index is 1.06. The molecule has 0 saturated heterocycles. The second-order valence-corrected chi connectivity index (χ2v) is 4.47. The summed E-state index contributed by atoms with van der Waals surface area (Å²) in [5.74, 6) is 0. The highest BCUT2D eigenvalue weighted by molar-refractivity contribution is 6.29. The number of rotatable bonds is 2. The van der Waals surface area contributed by atoms with Crippen molar-refractivity contribution in [3.8, 4) is 0 Å². The number of benzene rings is 2. The van der Waals surface area contributed by atoms with Crippen molar-refractivity contribution in [3.63, 3.8) is 0 Å². The summed E-state index contributed by atoms with van der Waals surface area (Å²) < 4.78 is 0. The average Bonchev–Trinajstić information content (AvgIpc) is 2.35. The third-order valence-corrected chi connectivity index (χ3v) is 3.05. The summed E-state index contributed by atoms with van der Waals surface area (Å²) in [6, 6.07) is 16.8. The van der Waals surface area contributed by atoms with Gasteiger partial charge < -0.3 is 0 Å². The topological polar surface area (TPSA) is 0 Å². The normalized spacial score (nSPS) is 10.1.